The molecule has 3 N–H and O–H groups in total. The summed E-state index contributed by atoms with van der Waals surface area (Å²) in [4.78, 5) is 10.6. The van der Waals surface area contributed by atoms with E-state index in [1.807, 2.05) is 32.2 Å². The summed E-state index contributed by atoms with van der Waals surface area (Å²) >= 11 is 0. The zero-order chi connectivity index (χ0) is 12.1. The normalized spacial score (nSPS) is 12.2. The minimum atomic E-state index is -0.466. The molecule has 1 aromatic rings. The molecule has 4 heteroatoms. The summed E-state index contributed by atoms with van der Waals surface area (Å²) in [6.45, 7) is 3.95. The predicted molar refractivity (Wildman–Crippen MR) is 63.3 cm³/mol. The maximum absolute atomic E-state index is 10.6. The van der Waals surface area contributed by atoms with Crippen molar-refractivity contribution in [1.29, 1.82) is 0 Å². The van der Waals surface area contributed by atoms with E-state index in [0.29, 0.717) is 11.8 Å². The molecular weight excluding hydrogens is 204 g/mol. The van der Waals surface area contributed by atoms with Crippen LogP contribution in [0.25, 0.3) is 0 Å². The highest BCUT2D eigenvalue weighted by atomic mass is 16.5. The topological polar surface area (TPSA) is 64.3 Å². The largest absolute Gasteiger partial charge is 0.484 e. The van der Waals surface area contributed by atoms with Crippen molar-refractivity contribution in [3.63, 3.8) is 0 Å². The van der Waals surface area contributed by atoms with Crippen molar-refractivity contribution in [2.75, 3.05) is 13.7 Å². The smallest absolute Gasteiger partial charge is 0.255 e. The van der Waals surface area contributed by atoms with Crippen molar-refractivity contribution >= 4 is 5.91 Å². The van der Waals surface area contributed by atoms with Gasteiger partial charge in [0.15, 0.2) is 6.61 Å². The number of benzene rings is 1. The number of carbonyl (C=O) groups excluding carboxylic acids is 1. The molecule has 1 aromatic carbocycles. The summed E-state index contributed by atoms with van der Waals surface area (Å²) < 4.78 is 5.27. The standard InChI is InChI=1S/C12H18N2O2/c1-8-6-10(9(2)14-3)4-5-11(8)16-7-12(13)15/h4-6,9,14H,7H2,1-3H3,(H2,13,15). The third-order valence-corrected chi connectivity index (χ3v) is 2.50. The Labute approximate surface area is 95.8 Å². The highest BCUT2D eigenvalue weighted by Gasteiger charge is 2.06. The van der Waals surface area contributed by atoms with E-state index in [9.17, 15) is 4.79 Å². The Kier molecular flexibility index (Phi) is 4.31. The molecule has 0 saturated carbocycles. The first-order chi connectivity index (χ1) is 7.54. The summed E-state index contributed by atoms with van der Waals surface area (Å²) in [5, 5.41) is 3.16. The molecule has 1 unspecified atom stereocenters. The second kappa shape index (κ2) is 5.51. The van der Waals surface area contributed by atoms with Gasteiger partial charge >= 0.3 is 0 Å². The number of ether oxygens (including phenoxy) is 1. The van der Waals surface area contributed by atoms with Gasteiger partial charge in [-0.2, -0.15) is 0 Å². The van der Waals surface area contributed by atoms with Crippen LogP contribution in [-0.2, 0) is 4.79 Å². The summed E-state index contributed by atoms with van der Waals surface area (Å²) in [6, 6.07) is 6.17. The monoisotopic (exact) mass is 222 g/mol. The second-order valence-electron chi connectivity index (χ2n) is 3.79. The molecule has 0 bridgehead atoms. The van der Waals surface area contributed by atoms with Crippen molar-refractivity contribution in [3.8, 4) is 5.75 Å². The van der Waals surface area contributed by atoms with Crippen molar-refractivity contribution in [2.24, 2.45) is 5.73 Å². The van der Waals surface area contributed by atoms with Gasteiger partial charge in [-0.25, -0.2) is 0 Å². The van der Waals surface area contributed by atoms with E-state index >= 15 is 0 Å². The molecular formula is C12H18N2O2. The van der Waals surface area contributed by atoms with E-state index in [2.05, 4.69) is 12.2 Å². The molecule has 0 heterocycles. The molecule has 0 spiro atoms. The van der Waals surface area contributed by atoms with Crippen molar-refractivity contribution in [3.05, 3.63) is 29.3 Å². The number of aryl methyl sites for hydroxylation is 1. The van der Waals surface area contributed by atoms with Crippen LogP contribution in [0.2, 0.25) is 0 Å². The maximum Gasteiger partial charge on any atom is 0.255 e. The molecule has 0 aromatic heterocycles. The molecule has 0 aliphatic carbocycles. The van der Waals surface area contributed by atoms with E-state index in [1.54, 1.807) is 0 Å². The maximum atomic E-state index is 10.6. The minimum Gasteiger partial charge on any atom is -0.484 e. The lowest BCUT2D eigenvalue weighted by molar-refractivity contribution is -0.119. The number of hydrogen-bond donors (Lipinski definition) is 2. The lowest BCUT2D eigenvalue weighted by Gasteiger charge is -2.13. The lowest BCUT2D eigenvalue weighted by Crippen LogP contribution is -2.20. The molecule has 0 fully saturated rings. The third-order valence-electron chi connectivity index (χ3n) is 2.50. The Bertz CT molecular complexity index is 377. The third kappa shape index (κ3) is 3.24. The average Bonchev–Trinajstić information content (AvgIpc) is 2.26. The highest BCUT2D eigenvalue weighted by molar-refractivity contribution is 5.75. The van der Waals surface area contributed by atoms with E-state index in [1.165, 1.54) is 5.56 Å². The van der Waals surface area contributed by atoms with Crippen LogP contribution in [-0.4, -0.2) is 19.6 Å². The molecule has 0 aliphatic rings. The van der Waals surface area contributed by atoms with Gasteiger partial charge in [-0.1, -0.05) is 12.1 Å². The molecule has 0 saturated heterocycles. The summed E-state index contributed by atoms with van der Waals surface area (Å²) in [6.07, 6.45) is 0. The van der Waals surface area contributed by atoms with Crippen LogP contribution < -0.4 is 15.8 Å². The Morgan fingerprint density at radius 2 is 2.25 bits per heavy atom. The zero-order valence-corrected chi connectivity index (χ0v) is 9.91. The van der Waals surface area contributed by atoms with Crippen LogP contribution in [0.3, 0.4) is 0 Å². The summed E-state index contributed by atoms with van der Waals surface area (Å²) in [5.74, 6) is 0.234. The number of carbonyl (C=O) groups is 1. The first-order valence-electron chi connectivity index (χ1n) is 5.23. The Balaban J connectivity index is 2.79. The van der Waals surface area contributed by atoms with Gasteiger partial charge < -0.3 is 15.8 Å². The van der Waals surface area contributed by atoms with Gasteiger partial charge in [0.1, 0.15) is 5.75 Å². The van der Waals surface area contributed by atoms with Crippen LogP contribution in [0, 0.1) is 6.92 Å². The van der Waals surface area contributed by atoms with E-state index in [4.69, 9.17) is 10.5 Å². The average molecular weight is 222 g/mol. The fourth-order valence-electron chi connectivity index (χ4n) is 1.42. The summed E-state index contributed by atoms with van der Waals surface area (Å²) in [5.41, 5.74) is 7.20. The molecule has 0 radical (unpaired) electrons. The van der Waals surface area contributed by atoms with Gasteiger partial charge in [-0.15, -0.1) is 0 Å². The fourth-order valence-corrected chi connectivity index (χ4v) is 1.42. The van der Waals surface area contributed by atoms with Gasteiger partial charge in [0.05, 0.1) is 0 Å². The van der Waals surface area contributed by atoms with Crippen LogP contribution in [0.15, 0.2) is 18.2 Å². The van der Waals surface area contributed by atoms with Crippen molar-refractivity contribution in [2.45, 2.75) is 19.9 Å². The Hall–Kier alpha value is -1.55. The van der Waals surface area contributed by atoms with Crippen LogP contribution in [0.5, 0.6) is 5.75 Å². The van der Waals surface area contributed by atoms with Crippen molar-refractivity contribution in [1.82, 2.24) is 5.32 Å². The van der Waals surface area contributed by atoms with Gasteiger partial charge in [0, 0.05) is 6.04 Å². The van der Waals surface area contributed by atoms with Crippen LogP contribution in [0.4, 0.5) is 0 Å². The van der Waals surface area contributed by atoms with Gasteiger partial charge in [0.25, 0.3) is 5.91 Å². The number of nitrogens with two attached hydrogens (primary N) is 1. The van der Waals surface area contributed by atoms with Gasteiger partial charge in [-0.3, -0.25) is 4.79 Å². The van der Waals surface area contributed by atoms with Crippen LogP contribution in [0.1, 0.15) is 24.1 Å². The lowest BCUT2D eigenvalue weighted by atomic mass is 10.1. The molecule has 1 atom stereocenters. The zero-order valence-electron chi connectivity index (χ0n) is 9.91. The molecule has 88 valence electrons. The number of primary amides is 1. The first-order valence-corrected chi connectivity index (χ1v) is 5.23. The van der Waals surface area contributed by atoms with E-state index in [0.717, 1.165) is 5.56 Å². The molecule has 4 nitrogen and oxygen atoms in total. The number of rotatable bonds is 5. The molecule has 1 rings (SSSR count). The molecule has 1 amide bonds. The van der Waals surface area contributed by atoms with Crippen molar-refractivity contribution < 1.29 is 9.53 Å². The molecule has 0 aliphatic heterocycles. The minimum absolute atomic E-state index is 0.0816. The quantitative estimate of drug-likeness (QED) is 0.785. The fraction of sp³-hybridized carbons (Fsp3) is 0.417. The predicted octanol–water partition coefficient (Wildman–Crippen LogP) is 1.14. The SMILES string of the molecule is CNC(C)c1ccc(OCC(N)=O)c(C)c1. The Morgan fingerprint density at radius 3 is 2.75 bits per heavy atom. The highest BCUT2D eigenvalue weighted by Crippen LogP contribution is 2.22. The second-order valence-corrected chi connectivity index (χ2v) is 3.79. The number of hydrogen-bond acceptors (Lipinski definition) is 3. The van der Waals surface area contributed by atoms with Gasteiger partial charge in [-0.05, 0) is 38.1 Å². The number of nitrogens with one attached hydrogen (secondary N) is 1. The van der Waals surface area contributed by atoms with Crippen LogP contribution >= 0.6 is 0 Å². The first kappa shape index (κ1) is 12.5. The Morgan fingerprint density at radius 1 is 1.56 bits per heavy atom. The summed E-state index contributed by atoms with van der Waals surface area (Å²) in [7, 11) is 1.91. The van der Waals surface area contributed by atoms with E-state index in [-0.39, 0.29) is 6.61 Å². The van der Waals surface area contributed by atoms with Gasteiger partial charge in [0.2, 0.25) is 0 Å². The number of amides is 1. The van der Waals surface area contributed by atoms with E-state index < -0.39 is 5.91 Å². The molecule has 16 heavy (non-hydrogen) atoms.